The normalized spacial score (nSPS) is 14.5. The second-order valence-electron chi connectivity index (χ2n) is 13.1. The third-order valence-electron chi connectivity index (χ3n) is 9.71. The molecule has 1 aromatic heterocycles. The first kappa shape index (κ1) is 37.4. The molecule has 2 aliphatic carbocycles. The van der Waals surface area contributed by atoms with E-state index in [-0.39, 0.29) is 26.5 Å². The van der Waals surface area contributed by atoms with Gasteiger partial charge in [-0.25, -0.2) is 0 Å². The van der Waals surface area contributed by atoms with Crippen LogP contribution in [0, 0.1) is 0 Å². The summed E-state index contributed by atoms with van der Waals surface area (Å²) in [6.07, 6.45) is 11.0. The smallest absolute Gasteiger partial charge is 0.625 e. The first-order valence-corrected chi connectivity index (χ1v) is 17.6. The minimum absolute atomic E-state index is 0. The molecule has 4 N–H and O–H groups in total. The Labute approximate surface area is 317 Å². The standard InChI is InChI=1S/C37H34N3.C6H7N2.C2H6.W/c1-24(16-19-36(38)39-23-25-17-18-26-10-4-5-11-27(26)20-25)40-34-15-9-7-13-29(34)31-21-30-28-12-6-8-14-32(28)37(2,3)33(30)22-35(31)40;7-8-6-4-2-1-3-5-6;1-2;/h4-7,9-13,15-22H,8,14,23,38H2,1-3H3;1-5H,7H2;1-2H3;/q2*-1;;+2/b24-16+,36-19+;;;. The predicted molar refractivity (Wildman–Crippen MR) is 216 cm³/mol. The van der Waals surface area contributed by atoms with Crippen molar-refractivity contribution in [2.75, 3.05) is 0 Å². The molecular formula is C45H47N5W. The summed E-state index contributed by atoms with van der Waals surface area (Å²) in [5.41, 5.74) is 21.2. The molecule has 0 spiro atoms. The van der Waals surface area contributed by atoms with E-state index in [9.17, 15) is 0 Å². The van der Waals surface area contributed by atoms with Crippen LogP contribution in [0.1, 0.15) is 64.2 Å². The van der Waals surface area contributed by atoms with Crippen LogP contribution in [0.15, 0.2) is 145 Å². The van der Waals surface area contributed by atoms with E-state index in [2.05, 4.69) is 133 Å². The molecule has 2 aliphatic rings. The Kier molecular flexibility index (Phi) is 12.1. The summed E-state index contributed by atoms with van der Waals surface area (Å²) < 4.78 is 2.38. The maximum absolute atomic E-state index is 6.37. The van der Waals surface area contributed by atoms with Crippen molar-refractivity contribution >= 4 is 49.5 Å². The summed E-state index contributed by atoms with van der Waals surface area (Å²) in [5.74, 6) is 5.50. The van der Waals surface area contributed by atoms with Crippen LogP contribution >= 0.6 is 0 Å². The topological polar surface area (TPSA) is 85.2 Å². The van der Waals surface area contributed by atoms with Gasteiger partial charge in [0.2, 0.25) is 0 Å². The van der Waals surface area contributed by atoms with Gasteiger partial charge in [0.15, 0.2) is 0 Å². The van der Waals surface area contributed by atoms with E-state index in [0.29, 0.717) is 12.4 Å². The molecule has 6 heteroatoms. The van der Waals surface area contributed by atoms with Crippen LogP contribution < -0.4 is 11.6 Å². The van der Waals surface area contributed by atoms with Crippen molar-refractivity contribution < 1.29 is 21.1 Å². The minimum atomic E-state index is 0. The van der Waals surface area contributed by atoms with Crippen molar-refractivity contribution in [3.8, 4) is 0 Å². The van der Waals surface area contributed by atoms with E-state index in [1.807, 2.05) is 50.3 Å². The number of rotatable bonds is 6. The second-order valence-corrected chi connectivity index (χ2v) is 13.1. The van der Waals surface area contributed by atoms with E-state index in [0.717, 1.165) is 29.8 Å². The average molecular weight is 842 g/mol. The Balaban J connectivity index is 0.000000402. The summed E-state index contributed by atoms with van der Waals surface area (Å²) in [5, 5.41) is 9.69. The number of hydrogen-bond donors (Lipinski definition) is 2. The SMILES string of the molecule is C/C(=C\C=C(/N)[N-]Cc1ccc2ccccc2c1)n1c2ccccc2c2cc3c(cc21)C(C)(C)C1=C3C=CCC1.CC.N[N-]c1ccccc1.[W+2]. The van der Waals surface area contributed by atoms with E-state index in [1.165, 1.54) is 49.3 Å². The molecule has 0 atom stereocenters. The molecule has 0 radical (unpaired) electrons. The Morgan fingerprint density at radius 1 is 0.804 bits per heavy atom. The van der Waals surface area contributed by atoms with E-state index >= 15 is 0 Å². The molecular weight excluding hydrogens is 794 g/mol. The average Bonchev–Trinajstić information content (AvgIpc) is 3.61. The quantitative estimate of drug-likeness (QED) is 0.0994. The van der Waals surface area contributed by atoms with E-state index in [1.54, 1.807) is 5.57 Å². The molecule has 0 aliphatic heterocycles. The summed E-state index contributed by atoms with van der Waals surface area (Å²) in [6, 6.07) is 37.8. The number of hydrogen-bond acceptors (Lipinski definition) is 2. The molecule has 1 heterocycles. The molecule has 8 rings (SSSR count). The molecule has 0 bridgehead atoms. The third kappa shape index (κ3) is 7.61. The molecule has 0 fully saturated rings. The zero-order valence-electron chi connectivity index (χ0n) is 30.2. The number of nitrogens with two attached hydrogens (primary N) is 2. The van der Waals surface area contributed by atoms with E-state index < -0.39 is 0 Å². The van der Waals surface area contributed by atoms with Crippen LogP contribution in [-0.4, -0.2) is 4.57 Å². The van der Waals surface area contributed by atoms with Crippen molar-refractivity contribution in [1.82, 2.24) is 4.57 Å². The van der Waals surface area contributed by atoms with Crippen molar-refractivity contribution in [2.45, 2.75) is 59.4 Å². The zero-order chi connectivity index (χ0) is 35.3. The molecule has 51 heavy (non-hydrogen) atoms. The van der Waals surface area contributed by atoms with Crippen LogP contribution in [0.4, 0.5) is 5.69 Å². The van der Waals surface area contributed by atoms with Gasteiger partial charge in [-0.05, 0) is 83.6 Å². The van der Waals surface area contributed by atoms with Crippen LogP contribution in [0.25, 0.3) is 54.6 Å². The number of nitrogens with zero attached hydrogens (tertiary/aromatic N) is 3. The van der Waals surface area contributed by atoms with E-state index in [4.69, 9.17) is 11.6 Å². The number of fused-ring (bicyclic) bond motifs is 6. The molecule has 258 valence electrons. The van der Waals surface area contributed by atoms with Crippen molar-refractivity contribution in [1.29, 1.82) is 0 Å². The van der Waals surface area contributed by atoms with Crippen molar-refractivity contribution in [3.05, 3.63) is 172 Å². The third-order valence-corrected chi connectivity index (χ3v) is 9.71. The van der Waals surface area contributed by atoms with Crippen molar-refractivity contribution in [2.24, 2.45) is 11.6 Å². The first-order valence-electron chi connectivity index (χ1n) is 17.6. The summed E-state index contributed by atoms with van der Waals surface area (Å²) in [7, 11) is 0. The molecule has 5 nitrogen and oxygen atoms in total. The monoisotopic (exact) mass is 841 g/mol. The van der Waals surface area contributed by atoms with Gasteiger partial charge in [-0.3, -0.25) is 0 Å². The molecule has 0 unspecified atom stereocenters. The Morgan fingerprint density at radius 3 is 2.25 bits per heavy atom. The maximum atomic E-state index is 6.37. The van der Waals surface area contributed by atoms with Gasteiger partial charge in [0.05, 0.1) is 11.0 Å². The van der Waals surface area contributed by atoms with Crippen LogP contribution in [-0.2, 0) is 33.0 Å². The minimum Gasteiger partial charge on any atom is -0.625 e. The Morgan fingerprint density at radius 2 is 1.51 bits per heavy atom. The summed E-state index contributed by atoms with van der Waals surface area (Å²) >= 11 is 0. The fourth-order valence-electron chi connectivity index (χ4n) is 7.23. The second kappa shape index (κ2) is 16.5. The first-order chi connectivity index (χ1) is 24.3. The number of aromatic nitrogens is 1. The van der Waals surface area contributed by atoms with Gasteiger partial charge in [-0.15, -0.1) is 5.69 Å². The van der Waals surface area contributed by atoms with Gasteiger partial charge >= 0.3 is 21.1 Å². The fraction of sp³-hybridized carbons (Fsp3) is 0.200. The number of allylic oxidation sites excluding steroid dienone is 7. The van der Waals surface area contributed by atoms with Gasteiger partial charge in [-0.1, -0.05) is 148 Å². The van der Waals surface area contributed by atoms with Gasteiger partial charge in [0.1, 0.15) is 0 Å². The maximum Gasteiger partial charge on any atom is 2.00 e. The Bertz CT molecular complexity index is 2270. The van der Waals surface area contributed by atoms with Crippen LogP contribution in [0.3, 0.4) is 0 Å². The van der Waals surface area contributed by atoms with Crippen LogP contribution in [0.5, 0.6) is 0 Å². The van der Waals surface area contributed by atoms with Gasteiger partial charge in [0.25, 0.3) is 0 Å². The molecule has 6 aromatic rings. The largest absolute Gasteiger partial charge is 2.00 e. The fourth-order valence-corrected chi connectivity index (χ4v) is 7.23. The molecule has 5 aromatic carbocycles. The Hall–Kier alpha value is -4.83. The summed E-state index contributed by atoms with van der Waals surface area (Å²) in [4.78, 5) is 0. The number of para-hydroxylation sites is 1. The molecule has 0 amide bonds. The van der Waals surface area contributed by atoms with Crippen molar-refractivity contribution in [3.63, 3.8) is 0 Å². The molecule has 0 saturated heterocycles. The van der Waals surface area contributed by atoms with Gasteiger partial charge in [0, 0.05) is 21.9 Å². The predicted octanol–water partition coefficient (Wildman–Crippen LogP) is 12.2. The summed E-state index contributed by atoms with van der Waals surface area (Å²) in [6.45, 7) is 11.5. The van der Waals surface area contributed by atoms with Gasteiger partial charge in [-0.2, -0.15) is 0 Å². The molecule has 0 saturated carbocycles. The van der Waals surface area contributed by atoms with Gasteiger partial charge < -0.3 is 26.9 Å². The number of benzene rings is 5. The zero-order valence-corrected chi connectivity index (χ0v) is 33.2. The van der Waals surface area contributed by atoms with Crippen LogP contribution in [0.2, 0.25) is 0 Å².